The van der Waals surface area contributed by atoms with E-state index < -0.39 is 31.1 Å². The van der Waals surface area contributed by atoms with Crippen LogP contribution in [0.3, 0.4) is 0 Å². The van der Waals surface area contributed by atoms with Crippen LogP contribution in [0.1, 0.15) is 23.3 Å². The molecule has 2 fully saturated rings. The summed E-state index contributed by atoms with van der Waals surface area (Å²) >= 11 is 0. The zero-order valence-corrected chi connectivity index (χ0v) is 21.7. The molecule has 2 aliphatic rings. The Balaban J connectivity index is 1.39. The van der Waals surface area contributed by atoms with Crippen molar-refractivity contribution in [1.82, 2.24) is 24.8 Å². The molecule has 0 spiro atoms. The normalized spacial score (nSPS) is 23.1. The summed E-state index contributed by atoms with van der Waals surface area (Å²) in [6.07, 6.45) is -3.05. The lowest BCUT2D eigenvalue weighted by Crippen LogP contribution is -2.48. The molecule has 6 rings (SSSR count). The number of benzene rings is 2. The molecule has 2 saturated heterocycles. The van der Waals surface area contributed by atoms with E-state index in [0.29, 0.717) is 42.6 Å². The van der Waals surface area contributed by atoms with Crippen molar-refractivity contribution in [2.45, 2.75) is 30.5 Å². The molecule has 208 valence electrons. The van der Waals surface area contributed by atoms with E-state index >= 15 is 0 Å². The molecule has 0 aliphatic carbocycles. The molecule has 2 aromatic carbocycles. The first-order chi connectivity index (χ1) is 19.5. The molecule has 4 aromatic rings. The van der Waals surface area contributed by atoms with Crippen molar-refractivity contribution in [3.63, 3.8) is 0 Å². The van der Waals surface area contributed by atoms with Gasteiger partial charge in [-0.2, -0.15) is 9.97 Å². The second-order valence-electron chi connectivity index (χ2n) is 9.95. The predicted molar refractivity (Wildman–Crippen MR) is 147 cm³/mol. The topological polar surface area (TPSA) is 158 Å². The number of aliphatic hydroxyl groups is 3. The molecule has 2 aliphatic heterocycles. The summed E-state index contributed by atoms with van der Waals surface area (Å²) in [7, 11) is 0. The first-order valence-corrected chi connectivity index (χ1v) is 13.3. The molecule has 0 unspecified atom stereocenters. The number of piperazine rings is 1. The number of aromatic nitrogens is 4. The Kier molecular flexibility index (Phi) is 7.30. The van der Waals surface area contributed by atoms with E-state index in [1.165, 1.54) is 10.9 Å². The van der Waals surface area contributed by atoms with E-state index in [1.807, 2.05) is 36.4 Å². The van der Waals surface area contributed by atoms with E-state index in [-0.39, 0.29) is 18.4 Å². The highest BCUT2D eigenvalue weighted by molar-refractivity contribution is 5.86. The standard InChI is InChI=1S/C28H31N7O5/c36-15-20-23(38)24(39)27(40-20)35-16-31-22-25(32-28(33-26(22)35)34-12-11-29-21(37)14-34)30-13-19(17-7-3-1-4-8-17)18-9-5-2-6-10-18/h1-10,16,19-20,23-24,27,36,38-39H,11-15H2,(H,29,37)(H,30,32,33)/t20-,23-,24-,27-/m1/s1. The number of hydrogen-bond donors (Lipinski definition) is 5. The van der Waals surface area contributed by atoms with Gasteiger partial charge in [-0.1, -0.05) is 60.7 Å². The summed E-state index contributed by atoms with van der Waals surface area (Å²) in [5.41, 5.74) is 3.08. The summed E-state index contributed by atoms with van der Waals surface area (Å²) in [4.78, 5) is 28.0. The van der Waals surface area contributed by atoms with Crippen LogP contribution in [-0.2, 0) is 9.53 Å². The van der Waals surface area contributed by atoms with E-state index in [4.69, 9.17) is 14.7 Å². The second-order valence-corrected chi connectivity index (χ2v) is 9.95. The average molecular weight is 546 g/mol. The summed E-state index contributed by atoms with van der Waals surface area (Å²) in [6, 6.07) is 20.4. The van der Waals surface area contributed by atoms with Gasteiger partial charge >= 0.3 is 0 Å². The fraction of sp³-hybridized carbons (Fsp3) is 0.357. The number of fused-ring (bicyclic) bond motifs is 1. The quantitative estimate of drug-likeness (QED) is 0.213. The van der Waals surface area contributed by atoms with Crippen LogP contribution >= 0.6 is 0 Å². The molecule has 2 aromatic heterocycles. The Bertz CT molecular complexity index is 1430. The van der Waals surface area contributed by atoms with Crippen LogP contribution in [0.5, 0.6) is 0 Å². The summed E-state index contributed by atoms with van der Waals surface area (Å²) < 4.78 is 7.29. The van der Waals surface area contributed by atoms with Crippen LogP contribution in [0.2, 0.25) is 0 Å². The highest BCUT2D eigenvalue weighted by Gasteiger charge is 2.44. The minimum Gasteiger partial charge on any atom is -0.394 e. The Labute approximate surface area is 230 Å². The molecule has 12 nitrogen and oxygen atoms in total. The Morgan fingerprint density at radius 1 is 1.02 bits per heavy atom. The third-order valence-corrected chi connectivity index (χ3v) is 7.40. The van der Waals surface area contributed by atoms with Crippen LogP contribution in [0.15, 0.2) is 67.0 Å². The Morgan fingerprint density at radius 3 is 2.35 bits per heavy atom. The van der Waals surface area contributed by atoms with Gasteiger partial charge in [-0.3, -0.25) is 9.36 Å². The van der Waals surface area contributed by atoms with Crippen LogP contribution in [-0.4, -0.2) is 91.8 Å². The third kappa shape index (κ3) is 4.97. The Morgan fingerprint density at radius 2 is 1.73 bits per heavy atom. The van der Waals surface area contributed by atoms with E-state index in [0.717, 1.165) is 11.1 Å². The number of imidazole rings is 1. The number of carbonyl (C=O) groups is 1. The van der Waals surface area contributed by atoms with E-state index in [1.54, 1.807) is 4.90 Å². The van der Waals surface area contributed by atoms with Gasteiger partial charge in [0.2, 0.25) is 11.9 Å². The molecule has 0 bridgehead atoms. The highest BCUT2D eigenvalue weighted by Crippen LogP contribution is 2.34. The van der Waals surface area contributed by atoms with Gasteiger partial charge in [-0.05, 0) is 11.1 Å². The molecular formula is C28H31N7O5. The molecule has 4 heterocycles. The smallest absolute Gasteiger partial charge is 0.239 e. The van der Waals surface area contributed by atoms with E-state index in [2.05, 4.69) is 39.9 Å². The van der Waals surface area contributed by atoms with Gasteiger partial charge in [-0.25, -0.2) is 4.98 Å². The van der Waals surface area contributed by atoms with Gasteiger partial charge in [0.25, 0.3) is 0 Å². The SMILES string of the molecule is O=C1CN(c2nc(NCC(c3ccccc3)c3ccccc3)c3ncn([C@@H]4O[C@H](CO)[C@@H](O)[C@H]4O)c3n2)CCN1. The minimum absolute atomic E-state index is 0.0131. The van der Waals surface area contributed by atoms with Crippen molar-refractivity contribution in [2.24, 2.45) is 0 Å². The average Bonchev–Trinajstić information content (AvgIpc) is 3.54. The number of rotatable bonds is 8. The van der Waals surface area contributed by atoms with Gasteiger partial charge in [0.15, 0.2) is 23.2 Å². The van der Waals surface area contributed by atoms with Gasteiger partial charge in [-0.15, -0.1) is 0 Å². The fourth-order valence-corrected chi connectivity index (χ4v) is 5.27. The Hall–Kier alpha value is -4.10. The predicted octanol–water partition coefficient (Wildman–Crippen LogP) is 0.618. The maximum Gasteiger partial charge on any atom is 0.239 e. The molecule has 1 amide bonds. The van der Waals surface area contributed by atoms with Crippen LogP contribution in [0.25, 0.3) is 11.2 Å². The van der Waals surface area contributed by atoms with Crippen molar-refractivity contribution in [3.8, 4) is 0 Å². The number of ether oxygens (including phenoxy) is 1. The number of hydrogen-bond acceptors (Lipinski definition) is 10. The van der Waals surface area contributed by atoms with Crippen LogP contribution in [0, 0.1) is 0 Å². The maximum atomic E-state index is 12.2. The van der Waals surface area contributed by atoms with Crippen LogP contribution in [0.4, 0.5) is 11.8 Å². The molecule has 0 radical (unpaired) electrons. The van der Waals surface area contributed by atoms with Gasteiger partial charge in [0.05, 0.1) is 19.5 Å². The first-order valence-electron chi connectivity index (χ1n) is 13.3. The third-order valence-electron chi connectivity index (χ3n) is 7.40. The molecule has 0 saturated carbocycles. The number of anilines is 2. The fourth-order valence-electron chi connectivity index (χ4n) is 5.27. The number of amides is 1. The summed E-state index contributed by atoms with van der Waals surface area (Å²) in [5, 5.41) is 36.9. The molecule has 4 atom stereocenters. The van der Waals surface area contributed by atoms with Crippen LogP contribution < -0.4 is 15.5 Å². The maximum absolute atomic E-state index is 12.2. The number of aliphatic hydroxyl groups excluding tert-OH is 3. The number of carbonyl (C=O) groups excluding carboxylic acids is 1. The van der Waals surface area contributed by atoms with Crippen molar-refractivity contribution >= 4 is 28.8 Å². The number of nitrogens with one attached hydrogen (secondary N) is 2. The lowest BCUT2D eigenvalue weighted by atomic mass is 9.91. The summed E-state index contributed by atoms with van der Waals surface area (Å²) in [6.45, 7) is 1.14. The second kappa shape index (κ2) is 11.2. The van der Waals surface area contributed by atoms with Gasteiger partial charge in [0, 0.05) is 25.6 Å². The molecule has 12 heteroatoms. The highest BCUT2D eigenvalue weighted by atomic mass is 16.6. The lowest BCUT2D eigenvalue weighted by Gasteiger charge is -2.27. The van der Waals surface area contributed by atoms with Crippen molar-refractivity contribution in [3.05, 3.63) is 78.1 Å². The first kappa shape index (κ1) is 26.1. The number of nitrogens with zero attached hydrogens (tertiary/aromatic N) is 5. The van der Waals surface area contributed by atoms with Gasteiger partial charge in [0.1, 0.15) is 18.3 Å². The van der Waals surface area contributed by atoms with E-state index in [9.17, 15) is 20.1 Å². The van der Waals surface area contributed by atoms with Crippen molar-refractivity contribution in [1.29, 1.82) is 0 Å². The zero-order chi connectivity index (χ0) is 27.6. The lowest BCUT2D eigenvalue weighted by molar-refractivity contribution is -0.120. The minimum atomic E-state index is -1.30. The zero-order valence-electron chi connectivity index (χ0n) is 21.7. The molecule has 40 heavy (non-hydrogen) atoms. The summed E-state index contributed by atoms with van der Waals surface area (Å²) in [5.74, 6) is 0.677. The van der Waals surface area contributed by atoms with Crippen molar-refractivity contribution < 1.29 is 24.9 Å². The molecule has 5 N–H and O–H groups in total. The van der Waals surface area contributed by atoms with Gasteiger partial charge < -0.3 is 35.6 Å². The monoisotopic (exact) mass is 545 g/mol. The largest absolute Gasteiger partial charge is 0.394 e. The van der Waals surface area contributed by atoms with Crippen molar-refractivity contribution in [2.75, 3.05) is 43.0 Å². The molecular weight excluding hydrogens is 514 g/mol.